The number of halogens is 1. The number of aliphatic hydroxyl groups excluding tert-OH is 2. The van der Waals surface area contributed by atoms with Crippen molar-refractivity contribution in [3.8, 4) is 5.75 Å². The summed E-state index contributed by atoms with van der Waals surface area (Å²) in [4.78, 5) is 25.6. The number of aliphatic hydroxyl groups is 2. The zero-order chi connectivity index (χ0) is 25.9. The normalized spacial score (nSPS) is 21.4. The van der Waals surface area contributed by atoms with E-state index in [9.17, 15) is 24.2 Å². The first-order chi connectivity index (χ1) is 17.9. The third kappa shape index (κ3) is 5.18. The molecular weight excluding hydrogens is 481 g/mol. The van der Waals surface area contributed by atoms with Gasteiger partial charge in [0.15, 0.2) is 6.23 Å². The summed E-state index contributed by atoms with van der Waals surface area (Å²) < 4.78 is 26.9. The lowest BCUT2D eigenvalue weighted by molar-refractivity contribution is -0.0392. The number of aromatic nitrogens is 2. The molecule has 37 heavy (non-hydrogen) atoms. The number of nitrogens with one attached hydrogen (secondary N) is 2. The van der Waals surface area contributed by atoms with Crippen LogP contribution in [0.3, 0.4) is 0 Å². The number of fused-ring (bicyclic) bond motifs is 1. The summed E-state index contributed by atoms with van der Waals surface area (Å²) in [5.74, 6) is 0.241. The molecule has 0 aliphatic carbocycles. The summed E-state index contributed by atoms with van der Waals surface area (Å²) in [5, 5.41) is 26.2. The van der Waals surface area contributed by atoms with Crippen LogP contribution in [0.2, 0.25) is 0 Å². The van der Waals surface area contributed by atoms with Crippen LogP contribution in [-0.4, -0.2) is 44.6 Å². The molecule has 5 rings (SSSR count). The van der Waals surface area contributed by atoms with Gasteiger partial charge in [0.05, 0.1) is 0 Å². The van der Waals surface area contributed by atoms with Crippen molar-refractivity contribution in [1.82, 2.24) is 14.9 Å². The molecule has 1 aromatic heterocycles. The zero-order valence-electron chi connectivity index (χ0n) is 19.7. The van der Waals surface area contributed by atoms with Crippen molar-refractivity contribution in [2.75, 3.05) is 6.54 Å². The van der Waals surface area contributed by atoms with Crippen LogP contribution in [0.1, 0.15) is 17.4 Å². The number of aromatic amines is 1. The van der Waals surface area contributed by atoms with Gasteiger partial charge in [-0.25, -0.2) is 9.18 Å². The lowest BCUT2D eigenvalue weighted by atomic mass is 10.0. The molecule has 2 heterocycles. The van der Waals surface area contributed by atoms with Gasteiger partial charge in [-0.15, -0.1) is 0 Å². The van der Waals surface area contributed by atoms with Crippen molar-refractivity contribution in [2.24, 2.45) is 0 Å². The molecule has 1 fully saturated rings. The Hall–Kier alpha value is -3.83. The highest BCUT2D eigenvalue weighted by atomic mass is 19.1. The summed E-state index contributed by atoms with van der Waals surface area (Å²) in [6, 6.07) is 19.1. The molecule has 0 radical (unpaired) electrons. The van der Waals surface area contributed by atoms with Crippen LogP contribution in [0.25, 0.3) is 10.8 Å². The van der Waals surface area contributed by atoms with Crippen LogP contribution in [0, 0.1) is 5.82 Å². The zero-order valence-corrected chi connectivity index (χ0v) is 19.7. The number of benzene rings is 3. The van der Waals surface area contributed by atoms with Gasteiger partial charge in [-0.1, -0.05) is 48.5 Å². The Morgan fingerprint density at radius 3 is 2.59 bits per heavy atom. The van der Waals surface area contributed by atoms with Gasteiger partial charge in [-0.2, -0.15) is 0 Å². The standard InChI is InChI=1S/C27H26FN3O6/c28-20-8-4-2-6-17(20)15-36-21-10-9-16-5-1-3-7-18(16)19(21)13-29-14-22-24(33)25(34)26(37-22)31-12-11-23(32)30-27(31)35/h1-12,22,24-26,29,33-34H,13-15H2,(H,30,32,35)/t22-,24-,25-,26-/m1/s1. The summed E-state index contributed by atoms with van der Waals surface area (Å²) >= 11 is 0. The maximum absolute atomic E-state index is 14.1. The molecule has 4 atom stereocenters. The fraction of sp³-hybridized carbons (Fsp3) is 0.259. The molecule has 4 aromatic rings. The molecule has 9 nitrogen and oxygen atoms in total. The van der Waals surface area contributed by atoms with Crippen molar-refractivity contribution in [3.63, 3.8) is 0 Å². The van der Waals surface area contributed by atoms with Crippen LogP contribution in [0.5, 0.6) is 5.75 Å². The molecule has 192 valence electrons. The second-order valence-electron chi connectivity index (χ2n) is 8.84. The van der Waals surface area contributed by atoms with Gasteiger partial charge in [-0.3, -0.25) is 14.3 Å². The van der Waals surface area contributed by atoms with Gasteiger partial charge in [-0.05, 0) is 22.9 Å². The van der Waals surface area contributed by atoms with Gasteiger partial charge in [0.25, 0.3) is 5.56 Å². The Morgan fingerprint density at radius 2 is 1.78 bits per heavy atom. The highest BCUT2D eigenvalue weighted by Crippen LogP contribution is 2.30. The topological polar surface area (TPSA) is 126 Å². The third-order valence-electron chi connectivity index (χ3n) is 6.45. The van der Waals surface area contributed by atoms with Crippen molar-refractivity contribution in [1.29, 1.82) is 0 Å². The number of H-pyrrole nitrogens is 1. The second kappa shape index (κ2) is 10.7. The van der Waals surface area contributed by atoms with Gasteiger partial charge in [0, 0.05) is 36.5 Å². The van der Waals surface area contributed by atoms with Crippen molar-refractivity contribution >= 4 is 10.8 Å². The summed E-state index contributed by atoms with van der Waals surface area (Å²) in [6.07, 6.45) is -3.39. The highest BCUT2D eigenvalue weighted by molar-refractivity contribution is 5.87. The fourth-order valence-electron chi connectivity index (χ4n) is 4.50. The molecule has 1 aliphatic heterocycles. The molecule has 1 saturated heterocycles. The SMILES string of the molecule is O=c1ccn([C@@H]2O[C@H](CNCc3c(OCc4ccccc4F)ccc4ccccc34)[C@@H](O)[C@H]2O)c(=O)[nH]1. The van der Waals surface area contributed by atoms with E-state index in [1.165, 1.54) is 12.3 Å². The summed E-state index contributed by atoms with van der Waals surface area (Å²) in [6.45, 7) is 0.549. The van der Waals surface area contributed by atoms with Crippen LogP contribution >= 0.6 is 0 Å². The van der Waals surface area contributed by atoms with Crippen LogP contribution in [-0.2, 0) is 17.9 Å². The Morgan fingerprint density at radius 1 is 1.00 bits per heavy atom. The summed E-state index contributed by atoms with van der Waals surface area (Å²) in [7, 11) is 0. The monoisotopic (exact) mass is 507 g/mol. The number of rotatable bonds is 8. The minimum atomic E-state index is -1.37. The van der Waals surface area contributed by atoms with E-state index in [2.05, 4.69) is 10.3 Å². The molecule has 0 saturated carbocycles. The molecule has 0 amide bonds. The molecule has 0 bridgehead atoms. The van der Waals surface area contributed by atoms with E-state index in [1.807, 2.05) is 36.4 Å². The van der Waals surface area contributed by atoms with Crippen molar-refractivity contribution < 1.29 is 24.1 Å². The largest absolute Gasteiger partial charge is 0.488 e. The first kappa shape index (κ1) is 24.8. The number of ether oxygens (including phenoxy) is 2. The molecule has 3 aromatic carbocycles. The van der Waals surface area contributed by atoms with E-state index in [4.69, 9.17) is 9.47 Å². The minimum absolute atomic E-state index is 0.0598. The Balaban J connectivity index is 1.31. The highest BCUT2D eigenvalue weighted by Gasteiger charge is 2.43. The number of hydrogen-bond donors (Lipinski definition) is 4. The Kier molecular flexibility index (Phi) is 7.15. The first-order valence-electron chi connectivity index (χ1n) is 11.8. The lowest BCUT2D eigenvalue weighted by Gasteiger charge is -2.18. The molecule has 1 aliphatic rings. The van der Waals surface area contributed by atoms with E-state index in [1.54, 1.807) is 18.2 Å². The van der Waals surface area contributed by atoms with Crippen LogP contribution in [0.15, 0.2) is 82.5 Å². The first-order valence-corrected chi connectivity index (χ1v) is 11.8. The van der Waals surface area contributed by atoms with E-state index in [-0.39, 0.29) is 19.0 Å². The smallest absolute Gasteiger partial charge is 0.330 e. The van der Waals surface area contributed by atoms with Crippen LogP contribution in [0.4, 0.5) is 4.39 Å². The predicted molar refractivity (Wildman–Crippen MR) is 134 cm³/mol. The minimum Gasteiger partial charge on any atom is -0.488 e. The van der Waals surface area contributed by atoms with Crippen LogP contribution < -0.4 is 21.3 Å². The molecule has 10 heteroatoms. The maximum atomic E-state index is 14.1. The molecule has 0 unspecified atom stereocenters. The van der Waals surface area contributed by atoms with E-state index >= 15 is 0 Å². The van der Waals surface area contributed by atoms with E-state index in [0.717, 1.165) is 27.0 Å². The molecule has 4 N–H and O–H groups in total. The molecular formula is C27H26FN3O6. The number of nitrogens with zero attached hydrogens (tertiary/aromatic N) is 1. The Bertz CT molecular complexity index is 1520. The van der Waals surface area contributed by atoms with Gasteiger partial charge < -0.3 is 25.0 Å². The quantitative estimate of drug-likeness (QED) is 0.287. The predicted octanol–water partition coefficient (Wildman–Crippen LogP) is 1.82. The lowest BCUT2D eigenvalue weighted by Crippen LogP contribution is -2.38. The Labute approximate surface area is 210 Å². The maximum Gasteiger partial charge on any atom is 0.330 e. The average molecular weight is 508 g/mol. The van der Waals surface area contributed by atoms with Gasteiger partial charge in [0.1, 0.15) is 36.5 Å². The second-order valence-corrected chi connectivity index (χ2v) is 8.84. The van der Waals surface area contributed by atoms with Gasteiger partial charge in [0.2, 0.25) is 0 Å². The third-order valence-corrected chi connectivity index (χ3v) is 6.45. The fourth-order valence-corrected chi connectivity index (χ4v) is 4.50. The van der Waals surface area contributed by atoms with Crippen molar-refractivity contribution in [2.45, 2.75) is 37.7 Å². The average Bonchev–Trinajstić information content (AvgIpc) is 3.17. The summed E-state index contributed by atoms with van der Waals surface area (Å²) in [5.41, 5.74) is -0.0363. The van der Waals surface area contributed by atoms with E-state index in [0.29, 0.717) is 17.9 Å². The van der Waals surface area contributed by atoms with Gasteiger partial charge >= 0.3 is 5.69 Å². The van der Waals surface area contributed by atoms with E-state index < -0.39 is 35.8 Å². The number of hydrogen-bond acceptors (Lipinski definition) is 7. The molecule has 0 spiro atoms. The van der Waals surface area contributed by atoms with Crippen molar-refractivity contribution in [3.05, 3.63) is 111 Å².